The zero-order valence-corrected chi connectivity index (χ0v) is 10.7. The van der Waals surface area contributed by atoms with Gasteiger partial charge in [-0.05, 0) is 49.1 Å². The van der Waals surface area contributed by atoms with Crippen molar-refractivity contribution in [2.45, 2.75) is 40.2 Å². The molecule has 1 aromatic rings. The second-order valence-electron chi connectivity index (χ2n) is 4.74. The van der Waals surface area contributed by atoms with Crippen LogP contribution in [0.2, 0.25) is 0 Å². The highest BCUT2D eigenvalue weighted by Crippen LogP contribution is 2.23. The Hall–Kier alpha value is -0.890. The van der Waals surface area contributed by atoms with E-state index in [-0.39, 0.29) is 11.9 Å². The van der Waals surface area contributed by atoms with Crippen LogP contribution in [0, 0.1) is 18.7 Å². The molecule has 0 saturated heterocycles. The number of halogens is 1. The SMILES string of the molecule is CCCNC(c1cc(C)cc(F)c1)C(C)C. The van der Waals surface area contributed by atoms with Crippen molar-refractivity contribution in [2.75, 3.05) is 6.54 Å². The maximum Gasteiger partial charge on any atom is 0.123 e. The minimum atomic E-state index is -0.140. The van der Waals surface area contributed by atoms with Crippen LogP contribution < -0.4 is 5.32 Å². The summed E-state index contributed by atoms with van der Waals surface area (Å²) in [6.07, 6.45) is 1.09. The lowest BCUT2D eigenvalue weighted by atomic mass is 9.94. The Morgan fingerprint density at radius 2 is 1.94 bits per heavy atom. The standard InChI is InChI=1S/C14H22FN/c1-5-6-16-14(10(2)3)12-7-11(4)8-13(15)9-12/h7-10,14,16H,5-6H2,1-4H3. The molecule has 0 fully saturated rings. The van der Waals surface area contributed by atoms with Gasteiger partial charge in [0.1, 0.15) is 5.82 Å². The Morgan fingerprint density at radius 1 is 1.25 bits per heavy atom. The van der Waals surface area contributed by atoms with Gasteiger partial charge in [-0.3, -0.25) is 0 Å². The van der Waals surface area contributed by atoms with Crippen LogP contribution in [-0.4, -0.2) is 6.54 Å². The van der Waals surface area contributed by atoms with Crippen LogP contribution in [0.1, 0.15) is 44.4 Å². The van der Waals surface area contributed by atoms with Crippen LogP contribution in [0.15, 0.2) is 18.2 Å². The summed E-state index contributed by atoms with van der Waals surface area (Å²) in [6, 6.07) is 5.52. The first kappa shape index (κ1) is 13.2. The first-order chi connectivity index (χ1) is 7.54. The Labute approximate surface area is 98.1 Å². The zero-order chi connectivity index (χ0) is 12.1. The van der Waals surface area contributed by atoms with Crippen LogP contribution in [0.3, 0.4) is 0 Å². The van der Waals surface area contributed by atoms with Crippen LogP contribution in [0.25, 0.3) is 0 Å². The fraction of sp³-hybridized carbons (Fsp3) is 0.571. The fourth-order valence-electron chi connectivity index (χ4n) is 1.98. The van der Waals surface area contributed by atoms with Crippen molar-refractivity contribution in [2.24, 2.45) is 5.92 Å². The van der Waals surface area contributed by atoms with Gasteiger partial charge in [-0.1, -0.05) is 26.8 Å². The molecule has 0 bridgehead atoms. The van der Waals surface area contributed by atoms with Crippen molar-refractivity contribution in [3.8, 4) is 0 Å². The highest BCUT2D eigenvalue weighted by Gasteiger charge is 2.15. The Balaban J connectivity index is 2.91. The van der Waals surface area contributed by atoms with E-state index >= 15 is 0 Å². The lowest BCUT2D eigenvalue weighted by molar-refractivity contribution is 0.411. The van der Waals surface area contributed by atoms with Crippen molar-refractivity contribution in [1.29, 1.82) is 0 Å². The third-order valence-electron chi connectivity index (χ3n) is 2.70. The molecule has 1 rings (SSSR count). The van der Waals surface area contributed by atoms with Gasteiger partial charge in [0.05, 0.1) is 0 Å². The lowest BCUT2D eigenvalue weighted by Crippen LogP contribution is -2.26. The van der Waals surface area contributed by atoms with Gasteiger partial charge >= 0.3 is 0 Å². The average molecular weight is 223 g/mol. The minimum Gasteiger partial charge on any atom is -0.310 e. The van der Waals surface area contributed by atoms with Crippen molar-refractivity contribution in [1.82, 2.24) is 5.32 Å². The first-order valence-electron chi connectivity index (χ1n) is 6.05. The average Bonchev–Trinajstić information content (AvgIpc) is 2.16. The molecule has 1 atom stereocenters. The highest BCUT2D eigenvalue weighted by atomic mass is 19.1. The monoisotopic (exact) mass is 223 g/mol. The van der Waals surface area contributed by atoms with Gasteiger partial charge in [0.2, 0.25) is 0 Å². The normalized spacial score (nSPS) is 13.1. The minimum absolute atomic E-state index is 0.140. The smallest absolute Gasteiger partial charge is 0.123 e. The topological polar surface area (TPSA) is 12.0 Å². The van der Waals surface area contributed by atoms with Gasteiger partial charge in [0.25, 0.3) is 0 Å². The van der Waals surface area contributed by atoms with E-state index in [1.165, 1.54) is 0 Å². The third kappa shape index (κ3) is 3.60. The van der Waals surface area contributed by atoms with Gasteiger partial charge < -0.3 is 5.32 Å². The van der Waals surface area contributed by atoms with E-state index in [1.807, 2.05) is 6.92 Å². The van der Waals surface area contributed by atoms with Crippen LogP contribution in [-0.2, 0) is 0 Å². The number of hydrogen-bond acceptors (Lipinski definition) is 1. The molecule has 0 aliphatic heterocycles. The highest BCUT2D eigenvalue weighted by molar-refractivity contribution is 5.26. The van der Waals surface area contributed by atoms with E-state index in [1.54, 1.807) is 12.1 Å². The van der Waals surface area contributed by atoms with E-state index in [9.17, 15) is 4.39 Å². The van der Waals surface area contributed by atoms with Gasteiger partial charge in [-0.2, -0.15) is 0 Å². The predicted octanol–water partition coefficient (Wildman–Crippen LogP) is 3.83. The fourth-order valence-corrected chi connectivity index (χ4v) is 1.98. The summed E-state index contributed by atoms with van der Waals surface area (Å²) in [4.78, 5) is 0. The van der Waals surface area contributed by atoms with Gasteiger partial charge in [0.15, 0.2) is 0 Å². The van der Waals surface area contributed by atoms with Gasteiger partial charge in [-0.25, -0.2) is 4.39 Å². The van der Waals surface area contributed by atoms with Crippen LogP contribution in [0.4, 0.5) is 4.39 Å². The molecular formula is C14H22FN. The summed E-state index contributed by atoms with van der Waals surface area (Å²) in [7, 11) is 0. The molecule has 1 nitrogen and oxygen atoms in total. The van der Waals surface area contributed by atoms with E-state index in [0.29, 0.717) is 5.92 Å². The summed E-state index contributed by atoms with van der Waals surface area (Å²) >= 11 is 0. The van der Waals surface area contributed by atoms with Crippen molar-refractivity contribution >= 4 is 0 Å². The molecule has 1 N–H and O–H groups in total. The number of benzene rings is 1. The molecule has 1 aromatic carbocycles. The molecule has 0 spiro atoms. The molecule has 16 heavy (non-hydrogen) atoms. The Bertz CT molecular complexity index is 313. The molecule has 2 heteroatoms. The second-order valence-corrected chi connectivity index (χ2v) is 4.74. The van der Waals surface area contributed by atoms with Crippen LogP contribution in [0.5, 0.6) is 0 Å². The summed E-state index contributed by atoms with van der Waals surface area (Å²) < 4.78 is 13.3. The largest absolute Gasteiger partial charge is 0.310 e. The predicted molar refractivity (Wildman–Crippen MR) is 67.0 cm³/mol. The van der Waals surface area contributed by atoms with Gasteiger partial charge in [-0.15, -0.1) is 0 Å². The Morgan fingerprint density at radius 3 is 2.44 bits per heavy atom. The molecule has 1 unspecified atom stereocenters. The van der Waals surface area contributed by atoms with E-state index < -0.39 is 0 Å². The van der Waals surface area contributed by atoms with Crippen LogP contribution >= 0.6 is 0 Å². The molecule has 0 aromatic heterocycles. The summed E-state index contributed by atoms with van der Waals surface area (Å²) in [6.45, 7) is 9.37. The zero-order valence-electron chi connectivity index (χ0n) is 10.7. The maximum atomic E-state index is 13.3. The Kier molecular flexibility index (Phi) is 4.94. The quantitative estimate of drug-likeness (QED) is 0.800. The second kappa shape index (κ2) is 6.00. The molecule has 0 amide bonds. The molecule has 0 saturated carbocycles. The summed E-state index contributed by atoms with van der Waals surface area (Å²) in [5, 5.41) is 3.47. The summed E-state index contributed by atoms with van der Waals surface area (Å²) in [5.41, 5.74) is 2.04. The molecule has 0 heterocycles. The molecule has 90 valence electrons. The molecule has 0 radical (unpaired) electrons. The van der Waals surface area contributed by atoms with E-state index in [0.717, 1.165) is 24.1 Å². The lowest BCUT2D eigenvalue weighted by Gasteiger charge is -2.23. The number of rotatable bonds is 5. The molecular weight excluding hydrogens is 201 g/mol. The molecule has 0 aliphatic rings. The number of nitrogens with one attached hydrogen (secondary N) is 1. The van der Waals surface area contributed by atoms with Gasteiger partial charge in [0, 0.05) is 6.04 Å². The van der Waals surface area contributed by atoms with Crippen molar-refractivity contribution in [3.05, 3.63) is 35.1 Å². The number of aryl methyl sites for hydroxylation is 1. The van der Waals surface area contributed by atoms with Crippen molar-refractivity contribution < 1.29 is 4.39 Å². The molecule has 0 aliphatic carbocycles. The maximum absolute atomic E-state index is 13.3. The number of hydrogen-bond donors (Lipinski definition) is 1. The van der Waals surface area contributed by atoms with Crippen molar-refractivity contribution in [3.63, 3.8) is 0 Å². The first-order valence-corrected chi connectivity index (χ1v) is 6.05. The van der Waals surface area contributed by atoms with E-state index in [4.69, 9.17) is 0 Å². The summed E-state index contributed by atoms with van der Waals surface area (Å²) in [5.74, 6) is 0.326. The van der Waals surface area contributed by atoms with E-state index in [2.05, 4.69) is 32.2 Å². The third-order valence-corrected chi connectivity index (χ3v) is 2.70.